The minimum atomic E-state index is 0.681. The van der Waals surface area contributed by atoms with Gasteiger partial charge in [-0.15, -0.1) is 0 Å². The highest BCUT2D eigenvalue weighted by molar-refractivity contribution is 5.37. The van der Waals surface area contributed by atoms with Crippen LogP contribution in [0.4, 0.5) is 0 Å². The number of rotatable bonds is 1. The summed E-state index contributed by atoms with van der Waals surface area (Å²) in [7, 11) is 0. The first kappa shape index (κ1) is 8.37. The lowest BCUT2D eigenvalue weighted by atomic mass is 10.0. The Morgan fingerprint density at radius 2 is 2.15 bits per heavy atom. The first-order valence-corrected chi connectivity index (χ1v) is 4.91. The molecular weight excluding hydrogens is 160 g/mol. The number of nitriles is 1. The minimum Gasteiger partial charge on any atom is -0.361 e. The molecular formula is C11H14N2. The molecule has 1 aromatic rings. The fraction of sp³-hybridized carbons (Fsp3) is 0.545. The van der Waals surface area contributed by atoms with Gasteiger partial charge in [-0.2, -0.15) is 5.26 Å². The van der Waals surface area contributed by atoms with Crippen LogP contribution < -0.4 is 0 Å². The highest BCUT2D eigenvalue weighted by Gasteiger charge is 2.19. The SMILES string of the molecule is Cc1[nH]c(C2CCCC2)cc1C#N. The molecule has 1 saturated carbocycles. The van der Waals surface area contributed by atoms with E-state index < -0.39 is 0 Å². The van der Waals surface area contributed by atoms with Crippen LogP contribution in [0.1, 0.15) is 48.6 Å². The third-order valence-electron chi connectivity index (χ3n) is 2.95. The molecule has 0 bridgehead atoms. The third-order valence-corrected chi connectivity index (χ3v) is 2.95. The molecule has 0 atom stereocenters. The van der Waals surface area contributed by atoms with Crippen molar-refractivity contribution < 1.29 is 0 Å². The van der Waals surface area contributed by atoms with Crippen molar-refractivity contribution in [2.45, 2.75) is 38.5 Å². The van der Waals surface area contributed by atoms with Crippen molar-refractivity contribution in [1.82, 2.24) is 4.98 Å². The standard InChI is InChI=1S/C11H14N2/c1-8-10(7-12)6-11(13-8)9-4-2-3-5-9/h6,9,13H,2-5H2,1H3. The number of nitrogens with one attached hydrogen (secondary N) is 1. The lowest BCUT2D eigenvalue weighted by Crippen LogP contribution is -1.91. The zero-order valence-corrected chi connectivity index (χ0v) is 7.93. The molecule has 2 nitrogen and oxygen atoms in total. The Balaban J connectivity index is 2.26. The van der Waals surface area contributed by atoms with Gasteiger partial charge in [-0.1, -0.05) is 12.8 Å². The van der Waals surface area contributed by atoms with Crippen molar-refractivity contribution >= 4 is 0 Å². The van der Waals surface area contributed by atoms with Crippen molar-refractivity contribution in [2.24, 2.45) is 0 Å². The Labute approximate surface area is 78.6 Å². The van der Waals surface area contributed by atoms with Crippen LogP contribution in [0.5, 0.6) is 0 Å². The summed E-state index contributed by atoms with van der Waals surface area (Å²) in [5, 5.41) is 8.80. The summed E-state index contributed by atoms with van der Waals surface area (Å²) in [6.07, 6.45) is 5.24. The van der Waals surface area contributed by atoms with E-state index >= 15 is 0 Å². The van der Waals surface area contributed by atoms with E-state index in [9.17, 15) is 0 Å². The number of aryl methyl sites for hydroxylation is 1. The second kappa shape index (κ2) is 3.26. The van der Waals surface area contributed by atoms with E-state index in [1.165, 1.54) is 31.4 Å². The van der Waals surface area contributed by atoms with Crippen LogP contribution in [0.25, 0.3) is 0 Å². The fourth-order valence-electron chi connectivity index (χ4n) is 2.16. The van der Waals surface area contributed by atoms with E-state index in [0.717, 1.165) is 11.3 Å². The first-order valence-electron chi connectivity index (χ1n) is 4.91. The highest BCUT2D eigenvalue weighted by Crippen LogP contribution is 2.34. The summed E-state index contributed by atoms with van der Waals surface area (Å²) < 4.78 is 0. The summed E-state index contributed by atoms with van der Waals surface area (Å²) in [6.45, 7) is 1.97. The first-order chi connectivity index (χ1) is 6.31. The van der Waals surface area contributed by atoms with Gasteiger partial charge in [0.2, 0.25) is 0 Å². The third kappa shape index (κ3) is 1.47. The molecule has 1 fully saturated rings. The number of aromatic amines is 1. The number of hydrogen-bond acceptors (Lipinski definition) is 1. The van der Waals surface area contributed by atoms with Crippen LogP contribution in [-0.2, 0) is 0 Å². The van der Waals surface area contributed by atoms with Gasteiger partial charge in [-0.25, -0.2) is 0 Å². The van der Waals surface area contributed by atoms with Crippen molar-refractivity contribution in [2.75, 3.05) is 0 Å². The van der Waals surface area contributed by atoms with Crippen molar-refractivity contribution in [3.05, 3.63) is 23.0 Å². The maximum atomic E-state index is 8.80. The smallest absolute Gasteiger partial charge is 0.101 e. The number of nitrogens with zero attached hydrogens (tertiary/aromatic N) is 1. The zero-order chi connectivity index (χ0) is 9.26. The Kier molecular flexibility index (Phi) is 2.10. The summed E-state index contributed by atoms with van der Waals surface area (Å²) in [5.74, 6) is 0.681. The fourth-order valence-corrected chi connectivity index (χ4v) is 2.16. The Hall–Kier alpha value is -1.23. The molecule has 0 spiro atoms. The van der Waals surface area contributed by atoms with Gasteiger partial charge in [0.15, 0.2) is 0 Å². The van der Waals surface area contributed by atoms with Gasteiger partial charge >= 0.3 is 0 Å². The van der Waals surface area contributed by atoms with Crippen LogP contribution in [0, 0.1) is 18.3 Å². The second-order valence-corrected chi connectivity index (χ2v) is 3.86. The highest BCUT2D eigenvalue weighted by atomic mass is 14.7. The summed E-state index contributed by atoms with van der Waals surface area (Å²) >= 11 is 0. The molecule has 1 aliphatic rings. The Bertz CT molecular complexity index is 337. The lowest BCUT2D eigenvalue weighted by molar-refractivity contribution is 0.701. The van der Waals surface area contributed by atoms with E-state index in [1.54, 1.807) is 0 Å². The molecule has 1 N–H and O–H groups in total. The average molecular weight is 174 g/mol. The molecule has 1 aliphatic carbocycles. The molecule has 2 heteroatoms. The van der Waals surface area contributed by atoms with Crippen LogP contribution in [0.15, 0.2) is 6.07 Å². The van der Waals surface area contributed by atoms with Crippen molar-refractivity contribution in [3.8, 4) is 6.07 Å². The minimum absolute atomic E-state index is 0.681. The van der Waals surface area contributed by atoms with E-state index in [-0.39, 0.29) is 0 Å². The van der Waals surface area contributed by atoms with Crippen LogP contribution in [0.3, 0.4) is 0 Å². The van der Waals surface area contributed by atoms with Crippen molar-refractivity contribution in [3.63, 3.8) is 0 Å². The predicted octanol–water partition coefficient (Wildman–Crippen LogP) is 2.85. The van der Waals surface area contributed by atoms with E-state index in [0.29, 0.717) is 5.92 Å². The summed E-state index contributed by atoms with van der Waals surface area (Å²) in [4.78, 5) is 3.32. The molecule has 0 amide bonds. The predicted molar refractivity (Wildman–Crippen MR) is 51.5 cm³/mol. The Morgan fingerprint density at radius 1 is 1.46 bits per heavy atom. The van der Waals surface area contributed by atoms with Gasteiger partial charge in [0, 0.05) is 11.4 Å². The maximum Gasteiger partial charge on any atom is 0.101 e. The normalized spacial score (nSPS) is 17.5. The van der Waals surface area contributed by atoms with E-state index in [2.05, 4.69) is 11.1 Å². The summed E-state index contributed by atoms with van der Waals surface area (Å²) in [5.41, 5.74) is 3.10. The van der Waals surface area contributed by atoms with E-state index in [4.69, 9.17) is 5.26 Å². The molecule has 1 aromatic heterocycles. The number of aromatic nitrogens is 1. The van der Waals surface area contributed by atoms with Gasteiger partial charge in [-0.3, -0.25) is 0 Å². The molecule has 0 saturated heterocycles. The molecule has 68 valence electrons. The van der Waals surface area contributed by atoms with Crippen LogP contribution >= 0.6 is 0 Å². The average Bonchev–Trinajstić information content (AvgIpc) is 2.71. The molecule has 0 aromatic carbocycles. The molecule has 0 aliphatic heterocycles. The van der Waals surface area contributed by atoms with Gasteiger partial charge in [0.05, 0.1) is 5.56 Å². The van der Waals surface area contributed by atoms with Gasteiger partial charge in [0.25, 0.3) is 0 Å². The second-order valence-electron chi connectivity index (χ2n) is 3.86. The van der Waals surface area contributed by atoms with Crippen molar-refractivity contribution in [1.29, 1.82) is 5.26 Å². The lowest BCUT2D eigenvalue weighted by Gasteiger charge is -2.04. The zero-order valence-electron chi connectivity index (χ0n) is 7.93. The Morgan fingerprint density at radius 3 is 2.69 bits per heavy atom. The molecule has 1 heterocycles. The quantitative estimate of drug-likeness (QED) is 0.698. The molecule has 2 rings (SSSR count). The summed E-state index contributed by atoms with van der Waals surface area (Å²) in [6, 6.07) is 4.23. The number of H-pyrrole nitrogens is 1. The largest absolute Gasteiger partial charge is 0.361 e. The van der Waals surface area contributed by atoms with Crippen LogP contribution in [0.2, 0.25) is 0 Å². The van der Waals surface area contributed by atoms with Gasteiger partial charge in [-0.05, 0) is 31.7 Å². The molecule has 0 radical (unpaired) electrons. The van der Waals surface area contributed by atoms with Gasteiger partial charge in [0.1, 0.15) is 6.07 Å². The molecule has 0 unspecified atom stereocenters. The van der Waals surface area contributed by atoms with Crippen LogP contribution in [-0.4, -0.2) is 4.98 Å². The monoisotopic (exact) mass is 174 g/mol. The van der Waals surface area contributed by atoms with E-state index in [1.807, 2.05) is 13.0 Å². The van der Waals surface area contributed by atoms with Gasteiger partial charge < -0.3 is 4.98 Å². The topological polar surface area (TPSA) is 39.6 Å². The maximum absolute atomic E-state index is 8.80. The number of hydrogen-bond donors (Lipinski definition) is 1. The molecule has 13 heavy (non-hydrogen) atoms.